The van der Waals surface area contributed by atoms with Crippen molar-refractivity contribution in [3.8, 4) is 17.2 Å². The van der Waals surface area contributed by atoms with E-state index < -0.39 is 0 Å². The molecule has 4 rings (SSSR count). The number of nitrogens with zero attached hydrogens (tertiary/aromatic N) is 5. The van der Waals surface area contributed by atoms with E-state index in [2.05, 4.69) is 25.0 Å². The lowest BCUT2D eigenvalue weighted by Gasteiger charge is -2.00. The number of hydrogen-bond donors (Lipinski definition) is 1. The first-order valence-electron chi connectivity index (χ1n) is 7.02. The summed E-state index contributed by atoms with van der Waals surface area (Å²) in [7, 11) is 0. The largest absolute Gasteiger partial charge is 0.329 e. The van der Waals surface area contributed by atoms with Gasteiger partial charge in [-0.05, 0) is 30.7 Å². The summed E-state index contributed by atoms with van der Waals surface area (Å²) in [4.78, 5) is 15.9. The zero-order valence-electron chi connectivity index (χ0n) is 12.3. The van der Waals surface area contributed by atoms with Gasteiger partial charge in [0.15, 0.2) is 5.82 Å². The van der Waals surface area contributed by atoms with Crippen LogP contribution in [0.2, 0.25) is 0 Å². The standard InChI is InChI=1S/C16H12N6S/c1-10-4-12(7-17-6-10)22-9-11-5-13(19-8-14(11)21-22)16-18-3-2-15(23)20-16/h2-9H,1H3,(H,18,20,23). The minimum absolute atomic E-state index is 0.624. The van der Waals surface area contributed by atoms with Crippen molar-refractivity contribution in [3.05, 3.63) is 59.4 Å². The average Bonchev–Trinajstić information content (AvgIpc) is 2.98. The highest BCUT2D eigenvalue weighted by Crippen LogP contribution is 2.20. The van der Waals surface area contributed by atoms with E-state index in [0.717, 1.165) is 27.8 Å². The van der Waals surface area contributed by atoms with E-state index in [1.54, 1.807) is 29.3 Å². The molecule has 0 saturated carbocycles. The Balaban J connectivity index is 1.82. The fourth-order valence-corrected chi connectivity index (χ4v) is 2.51. The summed E-state index contributed by atoms with van der Waals surface area (Å²) < 4.78 is 2.43. The Hall–Kier alpha value is -2.93. The average molecular weight is 320 g/mol. The third-order valence-electron chi connectivity index (χ3n) is 3.43. The molecule has 6 nitrogen and oxygen atoms in total. The highest BCUT2D eigenvalue weighted by molar-refractivity contribution is 7.71. The summed E-state index contributed by atoms with van der Waals surface area (Å²) in [6.45, 7) is 2.00. The zero-order chi connectivity index (χ0) is 15.8. The Kier molecular flexibility index (Phi) is 3.20. The predicted octanol–water partition coefficient (Wildman–Crippen LogP) is 3.24. The third kappa shape index (κ3) is 2.62. The Morgan fingerprint density at radius 1 is 1.13 bits per heavy atom. The van der Waals surface area contributed by atoms with Crippen LogP contribution in [-0.2, 0) is 0 Å². The normalized spacial score (nSPS) is 11.0. The minimum Gasteiger partial charge on any atom is -0.329 e. The second-order valence-electron chi connectivity index (χ2n) is 5.21. The van der Waals surface area contributed by atoms with Crippen molar-refractivity contribution in [1.29, 1.82) is 0 Å². The predicted molar refractivity (Wildman–Crippen MR) is 89.8 cm³/mol. The summed E-state index contributed by atoms with van der Waals surface area (Å²) in [5, 5.41) is 5.51. The van der Waals surface area contributed by atoms with Crippen molar-refractivity contribution < 1.29 is 0 Å². The number of hydrogen-bond acceptors (Lipinski definition) is 5. The molecule has 0 unspecified atom stereocenters. The number of aryl methyl sites for hydroxylation is 1. The van der Waals surface area contributed by atoms with Crippen molar-refractivity contribution in [1.82, 2.24) is 29.7 Å². The molecule has 4 aromatic rings. The zero-order valence-corrected chi connectivity index (χ0v) is 13.1. The molecule has 1 N–H and O–H groups in total. The van der Waals surface area contributed by atoms with Gasteiger partial charge in [0.25, 0.3) is 0 Å². The Labute approximate surface area is 136 Å². The molecule has 0 aromatic carbocycles. The van der Waals surface area contributed by atoms with Crippen LogP contribution >= 0.6 is 12.2 Å². The Morgan fingerprint density at radius 2 is 2.04 bits per heavy atom. The Morgan fingerprint density at radius 3 is 2.87 bits per heavy atom. The van der Waals surface area contributed by atoms with Gasteiger partial charge in [-0.1, -0.05) is 12.2 Å². The highest BCUT2D eigenvalue weighted by atomic mass is 32.1. The van der Waals surface area contributed by atoms with E-state index in [9.17, 15) is 0 Å². The van der Waals surface area contributed by atoms with E-state index in [1.165, 1.54) is 0 Å². The first-order valence-corrected chi connectivity index (χ1v) is 7.43. The lowest BCUT2D eigenvalue weighted by Crippen LogP contribution is -1.95. The molecule has 0 amide bonds. The maximum absolute atomic E-state index is 5.13. The maximum atomic E-state index is 5.13. The van der Waals surface area contributed by atoms with E-state index >= 15 is 0 Å². The first-order chi connectivity index (χ1) is 11.2. The van der Waals surface area contributed by atoms with E-state index in [-0.39, 0.29) is 0 Å². The molecule has 0 saturated heterocycles. The Bertz CT molecular complexity index is 1070. The smallest absolute Gasteiger partial charge is 0.156 e. The van der Waals surface area contributed by atoms with E-state index in [0.29, 0.717) is 10.5 Å². The summed E-state index contributed by atoms with van der Waals surface area (Å²) in [5.74, 6) is 0.643. The second kappa shape index (κ2) is 5.36. The fraction of sp³-hybridized carbons (Fsp3) is 0.0625. The number of pyridine rings is 2. The molecule has 0 bridgehead atoms. The molecule has 4 aromatic heterocycles. The summed E-state index contributed by atoms with van der Waals surface area (Å²) in [5.41, 5.74) is 3.54. The van der Waals surface area contributed by atoms with Crippen molar-refractivity contribution in [3.63, 3.8) is 0 Å². The molecule has 112 valence electrons. The summed E-state index contributed by atoms with van der Waals surface area (Å²) in [6, 6.07) is 5.71. The lowest BCUT2D eigenvalue weighted by molar-refractivity contribution is 0.886. The first kappa shape index (κ1) is 13.7. The molecule has 0 fully saturated rings. The molecule has 0 aliphatic rings. The van der Waals surface area contributed by atoms with Crippen LogP contribution in [0.1, 0.15) is 5.56 Å². The molecule has 0 radical (unpaired) electrons. The molecule has 0 aliphatic heterocycles. The van der Waals surface area contributed by atoms with Crippen molar-refractivity contribution in [2.45, 2.75) is 6.92 Å². The number of fused-ring (bicyclic) bond motifs is 1. The fourth-order valence-electron chi connectivity index (χ4n) is 2.35. The quantitative estimate of drug-likeness (QED) is 0.574. The number of aromatic amines is 1. The molecule has 0 aliphatic carbocycles. The van der Waals surface area contributed by atoms with Crippen LogP contribution in [0.3, 0.4) is 0 Å². The SMILES string of the molecule is Cc1cncc(-n2cc3cc(-c4nccc(=S)[nH]4)ncc3n2)c1. The van der Waals surface area contributed by atoms with Gasteiger partial charge in [-0.3, -0.25) is 9.97 Å². The molecule has 23 heavy (non-hydrogen) atoms. The van der Waals surface area contributed by atoms with Crippen LogP contribution in [-0.4, -0.2) is 29.7 Å². The lowest BCUT2D eigenvalue weighted by atomic mass is 10.2. The molecule has 7 heteroatoms. The monoisotopic (exact) mass is 320 g/mol. The molecular formula is C16H12N6S. The second-order valence-corrected chi connectivity index (χ2v) is 5.65. The van der Waals surface area contributed by atoms with Gasteiger partial charge in [0.2, 0.25) is 0 Å². The molecule has 4 heterocycles. The van der Waals surface area contributed by atoms with E-state index in [1.807, 2.05) is 31.5 Å². The van der Waals surface area contributed by atoms with Crippen LogP contribution in [0, 0.1) is 11.6 Å². The number of rotatable bonds is 2. The minimum atomic E-state index is 0.624. The van der Waals surface area contributed by atoms with Gasteiger partial charge < -0.3 is 4.98 Å². The van der Waals surface area contributed by atoms with Gasteiger partial charge >= 0.3 is 0 Å². The highest BCUT2D eigenvalue weighted by Gasteiger charge is 2.07. The van der Waals surface area contributed by atoms with Crippen LogP contribution < -0.4 is 0 Å². The van der Waals surface area contributed by atoms with Gasteiger partial charge in [-0.25, -0.2) is 9.67 Å². The summed E-state index contributed by atoms with van der Waals surface area (Å²) in [6.07, 6.45) is 8.95. The molecular weight excluding hydrogens is 308 g/mol. The number of nitrogens with one attached hydrogen (secondary N) is 1. The van der Waals surface area contributed by atoms with Crippen LogP contribution in [0.5, 0.6) is 0 Å². The van der Waals surface area contributed by atoms with Crippen molar-refractivity contribution >= 4 is 23.1 Å². The number of H-pyrrole nitrogens is 1. The van der Waals surface area contributed by atoms with Gasteiger partial charge in [-0.2, -0.15) is 5.10 Å². The van der Waals surface area contributed by atoms with Gasteiger partial charge in [0.05, 0.1) is 18.1 Å². The summed E-state index contributed by atoms with van der Waals surface area (Å²) >= 11 is 5.13. The third-order valence-corrected chi connectivity index (χ3v) is 3.67. The van der Waals surface area contributed by atoms with Crippen molar-refractivity contribution in [2.24, 2.45) is 0 Å². The van der Waals surface area contributed by atoms with Gasteiger partial charge in [0.1, 0.15) is 15.9 Å². The van der Waals surface area contributed by atoms with Crippen molar-refractivity contribution in [2.75, 3.05) is 0 Å². The van der Waals surface area contributed by atoms with E-state index in [4.69, 9.17) is 12.2 Å². The van der Waals surface area contributed by atoms with Gasteiger partial charge in [0, 0.05) is 24.0 Å². The van der Waals surface area contributed by atoms with Crippen LogP contribution in [0.25, 0.3) is 28.1 Å². The molecule has 0 spiro atoms. The topological polar surface area (TPSA) is 72.3 Å². The van der Waals surface area contributed by atoms with Crippen LogP contribution in [0.15, 0.2) is 49.2 Å². The molecule has 0 atom stereocenters. The number of aromatic nitrogens is 6. The maximum Gasteiger partial charge on any atom is 0.156 e. The van der Waals surface area contributed by atoms with Crippen LogP contribution in [0.4, 0.5) is 0 Å². The van der Waals surface area contributed by atoms with Gasteiger partial charge in [-0.15, -0.1) is 0 Å².